The first-order valence-electron chi connectivity index (χ1n) is 7.74. The Balaban J connectivity index is 1.79. The van der Waals surface area contributed by atoms with Gasteiger partial charge in [0.25, 0.3) is 0 Å². The second-order valence-electron chi connectivity index (χ2n) is 6.58. The Bertz CT molecular complexity index is 643. The molecule has 0 aliphatic rings. The van der Waals surface area contributed by atoms with E-state index in [1.165, 1.54) is 11.1 Å². The number of anilines is 1. The van der Waals surface area contributed by atoms with E-state index in [0.717, 1.165) is 16.6 Å². The molecule has 2 aromatic carbocycles. The molecule has 0 heterocycles. The van der Waals surface area contributed by atoms with Gasteiger partial charge in [-0.1, -0.05) is 61.0 Å². The van der Waals surface area contributed by atoms with Crippen LogP contribution < -0.4 is 10.6 Å². The minimum atomic E-state index is -0.175. The van der Waals surface area contributed by atoms with Crippen LogP contribution >= 0.6 is 15.9 Å². The molecule has 2 aromatic rings. The highest BCUT2D eigenvalue weighted by Gasteiger charge is 2.13. The van der Waals surface area contributed by atoms with Crippen molar-refractivity contribution in [1.82, 2.24) is 5.32 Å². The molecule has 122 valence electrons. The third-order valence-corrected chi connectivity index (χ3v) is 4.15. The second kappa shape index (κ2) is 7.64. The fourth-order valence-electron chi connectivity index (χ4n) is 2.20. The Morgan fingerprint density at radius 2 is 1.61 bits per heavy atom. The van der Waals surface area contributed by atoms with E-state index in [2.05, 4.69) is 71.6 Å². The van der Waals surface area contributed by atoms with E-state index in [1.54, 1.807) is 0 Å². The summed E-state index contributed by atoms with van der Waals surface area (Å²) in [4.78, 5) is 11.9. The van der Waals surface area contributed by atoms with Crippen LogP contribution in [0.2, 0.25) is 0 Å². The molecular weight excluding hydrogens is 352 g/mol. The van der Waals surface area contributed by atoms with Crippen molar-refractivity contribution >= 4 is 27.6 Å². The molecular formula is C19H23BrN2O. The third kappa shape index (κ3) is 5.71. The van der Waals surface area contributed by atoms with Gasteiger partial charge in [-0.15, -0.1) is 0 Å². The minimum Gasteiger partial charge on any atom is -0.338 e. The number of amides is 2. The fourth-order valence-corrected chi connectivity index (χ4v) is 2.46. The molecule has 0 spiro atoms. The van der Waals surface area contributed by atoms with Gasteiger partial charge in [0, 0.05) is 16.7 Å². The number of hydrogen-bond acceptors (Lipinski definition) is 1. The van der Waals surface area contributed by atoms with Crippen molar-refractivity contribution < 1.29 is 4.79 Å². The topological polar surface area (TPSA) is 41.1 Å². The van der Waals surface area contributed by atoms with Gasteiger partial charge in [-0.3, -0.25) is 0 Å². The van der Waals surface area contributed by atoms with E-state index in [0.29, 0.717) is 6.54 Å². The van der Waals surface area contributed by atoms with Crippen molar-refractivity contribution in [2.45, 2.75) is 32.6 Å². The summed E-state index contributed by atoms with van der Waals surface area (Å²) in [5.41, 5.74) is 3.37. The van der Waals surface area contributed by atoms with Crippen molar-refractivity contribution in [3.8, 4) is 0 Å². The summed E-state index contributed by atoms with van der Waals surface area (Å²) in [5, 5.41) is 5.74. The summed E-state index contributed by atoms with van der Waals surface area (Å²) in [7, 11) is 0. The van der Waals surface area contributed by atoms with E-state index in [1.807, 2.05) is 24.3 Å². The first kappa shape index (κ1) is 17.5. The molecule has 0 radical (unpaired) electrons. The molecule has 0 atom stereocenters. The van der Waals surface area contributed by atoms with Crippen LogP contribution in [0.25, 0.3) is 0 Å². The number of halogens is 1. The normalized spacial score (nSPS) is 11.1. The number of hydrogen-bond donors (Lipinski definition) is 2. The Morgan fingerprint density at radius 3 is 2.17 bits per heavy atom. The Kier molecular flexibility index (Phi) is 5.83. The lowest BCUT2D eigenvalue weighted by molar-refractivity contribution is 0.252. The van der Waals surface area contributed by atoms with Gasteiger partial charge in [0.2, 0.25) is 0 Å². The maximum Gasteiger partial charge on any atom is 0.319 e. The van der Waals surface area contributed by atoms with Gasteiger partial charge in [0.1, 0.15) is 0 Å². The monoisotopic (exact) mass is 374 g/mol. The fraction of sp³-hybridized carbons (Fsp3) is 0.316. The summed E-state index contributed by atoms with van der Waals surface area (Å²) >= 11 is 3.41. The summed E-state index contributed by atoms with van der Waals surface area (Å²) in [6, 6.07) is 15.9. The molecule has 0 fully saturated rings. The largest absolute Gasteiger partial charge is 0.338 e. The first-order valence-corrected chi connectivity index (χ1v) is 8.54. The molecule has 0 bridgehead atoms. The lowest BCUT2D eigenvalue weighted by Gasteiger charge is -2.19. The molecule has 2 rings (SSSR count). The minimum absolute atomic E-state index is 0.117. The predicted octanol–water partition coefficient (Wildman–Crippen LogP) is 5.11. The van der Waals surface area contributed by atoms with Crippen molar-refractivity contribution in [1.29, 1.82) is 0 Å². The van der Waals surface area contributed by atoms with E-state index >= 15 is 0 Å². The summed E-state index contributed by atoms with van der Waals surface area (Å²) < 4.78 is 1.06. The number of urea groups is 1. The number of rotatable bonds is 4. The molecule has 2 amide bonds. The van der Waals surface area contributed by atoms with Crippen LogP contribution in [0.5, 0.6) is 0 Å². The molecule has 0 aliphatic carbocycles. The van der Waals surface area contributed by atoms with Crippen molar-refractivity contribution in [3.05, 3.63) is 64.1 Å². The lowest BCUT2D eigenvalue weighted by atomic mass is 9.87. The number of benzene rings is 2. The molecule has 3 nitrogen and oxygen atoms in total. The zero-order chi connectivity index (χ0) is 16.9. The number of carbonyl (C=O) groups excluding carboxylic acids is 1. The van der Waals surface area contributed by atoms with Gasteiger partial charge in [-0.25, -0.2) is 4.79 Å². The van der Waals surface area contributed by atoms with Crippen molar-refractivity contribution in [3.63, 3.8) is 0 Å². The van der Waals surface area contributed by atoms with Gasteiger partial charge in [0.15, 0.2) is 0 Å². The van der Waals surface area contributed by atoms with Gasteiger partial charge in [0.05, 0.1) is 0 Å². The summed E-state index contributed by atoms with van der Waals surface area (Å²) in [6.45, 7) is 7.12. The van der Waals surface area contributed by atoms with Crippen molar-refractivity contribution in [2.75, 3.05) is 11.9 Å². The van der Waals surface area contributed by atoms with E-state index in [-0.39, 0.29) is 11.4 Å². The smallest absolute Gasteiger partial charge is 0.319 e. The highest BCUT2D eigenvalue weighted by molar-refractivity contribution is 9.10. The summed E-state index contributed by atoms with van der Waals surface area (Å²) in [6.07, 6.45) is 0.809. The number of carbonyl (C=O) groups is 1. The quantitative estimate of drug-likeness (QED) is 0.766. The van der Waals surface area contributed by atoms with E-state index in [4.69, 9.17) is 0 Å². The Hall–Kier alpha value is -1.81. The average Bonchev–Trinajstić information content (AvgIpc) is 2.49. The lowest BCUT2D eigenvalue weighted by Crippen LogP contribution is -2.30. The van der Waals surface area contributed by atoms with Crippen LogP contribution in [0, 0.1) is 0 Å². The van der Waals surface area contributed by atoms with Crippen molar-refractivity contribution in [2.24, 2.45) is 0 Å². The highest BCUT2D eigenvalue weighted by atomic mass is 79.9. The van der Waals surface area contributed by atoms with Crippen LogP contribution in [0.1, 0.15) is 31.9 Å². The highest BCUT2D eigenvalue weighted by Crippen LogP contribution is 2.23. The van der Waals surface area contributed by atoms with Crippen LogP contribution in [0.4, 0.5) is 10.5 Å². The van der Waals surface area contributed by atoms with E-state index < -0.39 is 0 Å². The average molecular weight is 375 g/mol. The zero-order valence-corrected chi connectivity index (χ0v) is 15.4. The Morgan fingerprint density at radius 1 is 1.00 bits per heavy atom. The standard InChI is InChI=1S/C19H23BrN2O/c1-19(2,3)15-6-10-17(11-7-15)22-18(23)21-13-12-14-4-8-16(20)9-5-14/h4-11H,12-13H2,1-3H3,(H2,21,22,23). The number of nitrogens with one attached hydrogen (secondary N) is 2. The molecule has 0 aliphatic heterocycles. The molecule has 0 unspecified atom stereocenters. The Labute approximate surface area is 146 Å². The zero-order valence-electron chi connectivity index (χ0n) is 13.8. The molecule has 4 heteroatoms. The van der Waals surface area contributed by atoms with Gasteiger partial charge < -0.3 is 10.6 Å². The first-order chi connectivity index (χ1) is 10.8. The second-order valence-corrected chi connectivity index (χ2v) is 7.50. The molecule has 23 heavy (non-hydrogen) atoms. The van der Waals surface area contributed by atoms with Crippen LogP contribution in [0.15, 0.2) is 53.0 Å². The van der Waals surface area contributed by atoms with Crippen LogP contribution in [-0.2, 0) is 11.8 Å². The molecule has 0 saturated heterocycles. The van der Waals surface area contributed by atoms with Gasteiger partial charge in [-0.2, -0.15) is 0 Å². The van der Waals surface area contributed by atoms with Gasteiger partial charge >= 0.3 is 6.03 Å². The van der Waals surface area contributed by atoms with Crippen LogP contribution in [-0.4, -0.2) is 12.6 Å². The SMILES string of the molecule is CC(C)(C)c1ccc(NC(=O)NCCc2ccc(Br)cc2)cc1. The predicted molar refractivity (Wildman–Crippen MR) is 100 cm³/mol. The molecule has 2 N–H and O–H groups in total. The van der Waals surface area contributed by atoms with E-state index in [9.17, 15) is 4.79 Å². The molecule has 0 aromatic heterocycles. The molecule has 0 saturated carbocycles. The van der Waals surface area contributed by atoms with Gasteiger partial charge in [-0.05, 0) is 47.2 Å². The maximum absolute atomic E-state index is 11.9. The maximum atomic E-state index is 11.9. The summed E-state index contributed by atoms with van der Waals surface area (Å²) in [5.74, 6) is 0. The third-order valence-electron chi connectivity index (χ3n) is 3.62. The van der Waals surface area contributed by atoms with Crippen LogP contribution in [0.3, 0.4) is 0 Å².